The minimum Gasteiger partial charge on any atom is -0.489 e. The molecule has 3 amide bonds. The van der Waals surface area contributed by atoms with Crippen LogP contribution in [-0.2, 0) is 16.2 Å². The Hall–Kier alpha value is -3.43. The average Bonchev–Trinajstić information content (AvgIpc) is 3.08. The van der Waals surface area contributed by atoms with Crippen LogP contribution in [0.1, 0.15) is 11.1 Å². The van der Waals surface area contributed by atoms with Gasteiger partial charge in [-0.1, -0.05) is 46.3 Å². The normalized spacial score (nSPS) is 14.5. The van der Waals surface area contributed by atoms with Crippen LogP contribution in [0.3, 0.4) is 0 Å². The number of carbonyl (C=O) groups excluding carboxylic acids is 3. The SMILES string of the molecule is O=C(CN1C(=O)S/C(=C/c2ccc(OCc3ccccc3F)cc2)C1=O)Nc1ccc(Br)cc1. The number of imide groups is 1. The van der Waals surface area contributed by atoms with Gasteiger partial charge >= 0.3 is 0 Å². The zero-order valence-electron chi connectivity index (χ0n) is 17.7. The van der Waals surface area contributed by atoms with Gasteiger partial charge in [-0.05, 0) is 65.9 Å². The van der Waals surface area contributed by atoms with E-state index in [-0.39, 0.29) is 23.9 Å². The smallest absolute Gasteiger partial charge is 0.294 e. The third kappa shape index (κ3) is 5.92. The zero-order valence-corrected chi connectivity index (χ0v) is 20.1. The predicted octanol–water partition coefficient (Wildman–Crippen LogP) is 5.84. The molecule has 0 saturated carbocycles. The maximum atomic E-state index is 13.7. The number of amides is 3. The van der Waals surface area contributed by atoms with E-state index in [1.165, 1.54) is 6.07 Å². The lowest BCUT2D eigenvalue weighted by Gasteiger charge is -2.12. The standard InChI is InChI=1S/C25H18BrFN2O4S/c26-18-7-9-19(10-8-18)28-23(30)14-29-24(31)22(34-25(29)32)13-16-5-11-20(12-6-16)33-15-17-3-1-2-4-21(17)27/h1-13H,14-15H2,(H,28,30)/b22-13+. The molecule has 6 nitrogen and oxygen atoms in total. The fraction of sp³-hybridized carbons (Fsp3) is 0.0800. The summed E-state index contributed by atoms with van der Waals surface area (Å²) in [7, 11) is 0. The summed E-state index contributed by atoms with van der Waals surface area (Å²) >= 11 is 4.10. The van der Waals surface area contributed by atoms with Gasteiger partial charge in [-0.25, -0.2) is 4.39 Å². The monoisotopic (exact) mass is 540 g/mol. The third-order valence-electron chi connectivity index (χ3n) is 4.83. The van der Waals surface area contributed by atoms with Crippen molar-refractivity contribution in [1.29, 1.82) is 0 Å². The van der Waals surface area contributed by atoms with Gasteiger partial charge in [0.2, 0.25) is 5.91 Å². The average molecular weight is 541 g/mol. The fourth-order valence-corrected chi connectivity index (χ4v) is 4.20. The van der Waals surface area contributed by atoms with Gasteiger partial charge in [0.15, 0.2) is 0 Å². The van der Waals surface area contributed by atoms with Crippen molar-refractivity contribution in [2.24, 2.45) is 0 Å². The van der Waals surface area contributed by atoms with Crippen LogP contribution in [0.2, 0.25) is 0 Å². The Morgan fingerprint density at radius 3 is 2.44 bits per heavy atom. The molecule has 0 atom stereocenters. The molecule has 0 unspecified atom stereocenters. The Labute approximate surface area is 207 Å². The molecule has 1 aliphatic heterocycles. The van der Waals surface area contributed by atoms with Gasteiger partial charge in [0.25, 0.3) is 11.1 Å². The van der Waals surface area contributed by atoms with Gasteiger partial charge < -0.3 is 10.1 Å². The number of ether oxygens (including phenoxy) is 1. The van der Waals surface area contributed by atoms with E-state index < -0.39 is 17.1 Å². The number of benzene rings is 3. The minimum atomic E-state index is -0.527. The van der Waals surface area contributed by atoms with Crippen molar-refractivity contribution in [2.45, 2.75) is 6.61 Å². The lowest BCUT2D eigenvalue weighted by molar-refractivity contribution is -0.127. The van der Waals surface area contributed by atoms with Crippen LogP contribution in [0.4, 0.5) is 14.9 Å². The van der Waals surface area contributed by atoms with E-state index in [1.807, 2.05) is 0 Å². The second-order valence-electron chi connectivity index (χ2n) is 7.27. The number of thioether (sulfide) groups is 1. The topological polar surface area (TPSA) is 75.7 Å². The van der Waals surface area contributed by atoms with Crippen LogP contribution in [-0.4, -0.2) is 28.5 Å². The second-order valence-corrected chi connectivity index (χ2v) is 9.18. The predicted molar refractivity (Wildman–Crippen MR) is 133 cm³/mol. The van der Waals surface area contributed by atoms with E-state index in [0.717, 1.165) is 21.1 Å². The number of nitrogens with one attached hydrogen (secondary N) is 1. The zero-order chi connectivity index (χ0) is 24.1. The minimum absolute atomic E-state index is 0.0905. The first-order chi connectivity index (χ1) is 16.4. The van der Waals surface area contributed by atoms with Crippen LogP contribution in [0, 0.1) is 5.82 Å². The molecular weight excluding hydrogens is 523 g/mol. The van der Waals surface area contributed by atoms with Crippen molar-refractivity contribution in [3.63, 3.8) is 0 Å². The van der Waals surface area contributed by atoms with Crippen LogP contribution in [0.25, 0.3) is 6.08 Å². The van der Waals surface area contributed by atoms with E-state index in [4.69, 9.17) is 4.74 Å². The van der Waals surface area contributed by atoms with E-state index in [9.17, 15) is 18.8 Å². The van der Waals surface area contributed by atoms with Gasteiger partial charge in [-0.15, -0.1) is 0 Å². The summed E-state index contributed by atoms with van der Waals surface area (Å²) in [6, 6.07) is 20.2. The number of halogens is 2. The Morgan fingerprint density at radius 2 is 1.74 bits per heavy atom. The molecular formula is C25H18BrFN2O4S. The number of nitrogens with zero attached hydrogens (tertiary/aromatic N) is 1. The Kier molecular flexibility index (Phi) is 7.44. The molecule has 34 heavy (non-hydrogen) atoms. The molecule has 1 heterocycles. The summed E-state index contributed by atoms with van der Waals surface area (Å²) < 4.78 is 20.2. The number of carbonyl (C=O) groups is 3. The highest BCUT2D eigenvalue weighted by atomic mass is 79.9. The van der Waals surface area contributed by atoms with E-state index in [0.29, 0.717) is 22.6 Å². The van der Waals surface area contributed by atoms with Crippen molar-refractivity contribution in [3.05, 3.63) is 99.1 Å². The number of hydrogen-bond acceptors (Lipinski definition) is 5. The van der Waals surface area contributed by atoms with E-state index in [1.54, 1.807) is 72.8 Å². The van der Waals surface area contributed by atoms with Gasteiger partial charge in [0.05, 0.1) is 4.91 Å². The summed E-state index contributed by atoms with van der Waals surface area (Å²) in [5.74, 6) is -0.790. The molecule has 0 aliphatic carbocycles. The second kappa shape index (κ2) is 10.7. The molecule has 1 N–H and O–H groups in total. The Morgan fingerprint density at radius 1 is 1.03 bits per heavy atom. The molecule has 9 heteroatoms. The maximum Gasteiger partial charge on any atom is 0.294 e. The Balaban J connectivity index is 1.36. The van der Waals surface area contributed by atoms with Crippen molar-refractivity contribution < 1.29 is 23.5 Å². The molecule has 172 valence electrons. The van der Waals surface area contributed by atoms with Gasteiger partial charge in [0, 0.05) is 15.7 Å². The van der Waals surface area contributed by atoms with Crippen molar-refractivity contribution >= 4 is 56.5 Å². The van der Waals surface area contributed by atoms with Gasteiger partial charge in [0.1, 0.15) is 24.7 Å². The van der Waals surface area contributed by atoms with E-state index >= 15 is 0 Å². The van der Waals surface area contributed by atoms with Crippen LogP contribution < -0.4 is 10.1 Å². The first-order valence-electron chi connectivity index (χ1n) is 10.2. The molecule has 1 aliphatic rings. The molecule has 0 aromatic heterocycles. The lowest BCUT2D eigenvalue weighted by atomic mass is 10.2. The first-order valence-corrected chi connectivity index (χ1v) is 11.8. The number of hydrogen-bond donors (Lipinski definition) is 1. The van der Waals surface area contributed by atoms with Crippen molar-refractivity contribution in [1.82, 2.24) is 4.90 Å². The van der Waals surface area contributed by atoms with Crippen LogP contribution in [0.5, 0.6) is 5.75 Å². The molecule has 1 saturated heterocycles. The largest absolute Gasteiger partial charge is 0.489 e. The fourth-order valence-electron chi connectivity index (χ4n) is 3.10. The van der Waals surface area contributed by atoms with Crippen molar-refractivity contribution in [3.8, 4) is 5.75 Å². The summed E-state index contributed by atoms with van der Waals surface area (Å²) in [5, 5.41) is 2.16. The van der Waals surface area contributed by atoms with Gasteiger partial charge in [-0.3, -0.25) is 19.3 Å². The molecule has 1 fully saturated rings. The first kappa shape index (κ1) is 23.7. The number of rotatable bonds is 7. The molecule has 0 radical (unpaired) electrons. The molecule has 3 aromatic carbocycles. The number of anilines is 1. The Bertz CT molecular complexity index is 1260. The summed E-state index contributed by atoms with van der Waals surface area (Å²) in [6.07, 6.45) is 1.58. The van der Waals surface area contributed by atoms with Gasteiger partial charge in [-0.2, -0.15) is 0 Å². The highest BCUT2D eigenvalue weighted by Gasteiger charge is 2.36. The van der Waals surface area contributed by atoms with Crippen LogP contribution in [0.15, 0.2) is 82.2 Å². The molecule has 3 aromatic rings. The molecule has 4 rings (SSSR count). The highest BCUT2D eigenvalue weighted by molar-refractivity contribution is 9.10. The maximum absolute atomic E-state index is 13.7. The summed E-state index contributed by atoms with van der Waals surface area (Å²) in [5.41, 5.74) is 1.69. The van der Waals surface area contributed by atoms with Crippen molar-refractivity contribution in [2.75, 3.05) is 11.9 Å². The molecule has 0 bridgehead atoms. The molecule has 0 spiro atoms. The summed E-state index contributed by atoms with van der Waals surface area (Å²) in [4.78, 5) is 38.4. The quantitative estimate of drug-likeness (QED) is 0.381. The summed E-state index contributed by atoms with van der Waals surface area (Å²) in [6.45, 7) is -0.284. The third-order valence-corrected chi connectivity index (χ3v) is 6.27. The highest BCUT2D eigenvalue weighted by Crippen LogP contribution is 2.32. The lowest BCUT2D eigenvalue weighted by Crippen LogP contribution is -2.36. The van der Waals surface area contributed by atoms with E-state index in [2.05, 4.69) is 21.2 Å². The van der Waals surface area contributed by atoms with Crippen LogP contribution >= 0.6 is 27.7 Å².